The van der Waals surface area contributed by atoms with Gasteiger partial charge in [-0.1, -0.05) is 47.5 Å². The number of aryl methyl sites for hydroxylation is 2. The quantitative estimate of drug-likeness (QED) is 0.365. The summed E-state index contributed by atoms with van der Waals surface area (Å²) in [6.45, 7) is 3.87. The molecule has 0 N–H and O–H groups in total. The minimum Gasteiger partial charge on any atom is -0.268 e. The summed E-state index contributed by atoms with van der Waals surface area (Å²) in [5, 5.41) is 0. The fraction of sp³-hybridized carbons (Fsp3) is 0.0667. The summed E-state index contributed by atoms with van der Waals surface area (Å²) >= 11 is 0. The summed E-state index contributed by atoms with van der Waals surface area (Å²) in [6.07, 6.45) is 0. The SMILES string of the molecule is Cc1ccc(-c2ccc3c(c2)C(=O)N(c2ccc(N4C(=O)c5ccc(C)cc5C4=O)cc2)C3=O)cc1. The molecule has 0 spiro atoms. The molecule has 174 valence electrons. The van der Waals surface area contributed by atoms with E-state index < -0.39 is 23.6 Å². The Labute approximate surface area is 207 Å². The van der Waals surface area contributed by atoms with E-state index in [1.807, 2.05) is 44.2 Å². The highest BCUT2D eigenvalue weighted by atomic mass is 16.2. The second-order valence-electron chi connectivity index (χ2n) is 9.08. The van der Waals surface area contributed by atoms with E-state index in [-0.39, 0.29) is 0 Å². The van der Waals surface area contributed by atoms with Crippen molar-refractivity contribution in [3.63, 3.8) is 0 Å². The molecule has 6 rings (SSSR count). The van der Waals surface area contributed by atoms with Crippen molar-refractivity contribution >= 4 is 35.0 Å². The number of carbonyl (C=O) groups is 4. The maximum absolute atomic E-state index is 13.3. The molecule has 2 aliphatic rings. The summed E-state index contributed by atoms with van der Waals surface area (Å²) in [7, 11) is 0. The van der Waals surface area contributed by atoms with Gasteiger partial charge in [-0.05, 0) is 73.5 Å². The first-order valence-corrected chi connectivity index (χ1v) is 11.5. The lowest BCUT2D eigenvalue weighted by Gasteiger charge is -2.17. The van der Waals surface area contributed by atoms with Gasteiger partial charge in [-0.3, -0.25) is 19.2 Å². The zero-order valence-corrected chi connectivity index (χ0v) is 19.6. The lowest BCUT2D eigenvalue weighted by atomic mass is 9.99. The number of benzene rings is 4. The highest BCUT2D eigenvalue weighted by Crippen LogP contribution is 2.34. The number of rotatable bonds is 3. The molecule has 4 aromatic carbocycles. The third-order valence-electron chi connectivity index (χ3n) is 6.68. The average molecular weight is 473 g/mol. The van der Waals surface area contributed by atoms with E-state index in [0.29, 0.717) is 33.6 Å². The van der Waals surface area contributed by atoms with E-state index >= 15 is 0 Å². The van der Waals surface area contributed by atoms with Crippen LogP contribution in [-0.2, 0) is 0 Å². The number of hydrogen-bond donors (Lipinski definition) is 0. The Morgan fingerprint density at radius 1 is 0.417 bits per heavy atom. The van der Waals surface area contributed by atoms with Crippen LogP contribution in [0, 0.1) is 13.8 Å². The third-order valence-corrected chi connectivity index (χ3v) is 6.68. The number of imide groups is 2. The van der Waals surface area contributed by atoms with Crippen molar-refractivity contribution in [1.29, 1.82) is 0 Å². The molecule has 0 radical (unpaired) electrons. The zero-order valence-electron chi connectivity index (χ0n) is 19.6. The number of nitrogens with zero attached hydrogens (tertiary/aromatic N) is 2. The highest BCUT2D eigenvalue weighted by molar-refractivity contribution is 6.36. The molecule has 0 bridgehead atoms. The van der Waals surface area contributed by atoms with E-state index in [1.54, 1.807) is 54.6 Å². The molecule has 4 aromatic rings. The van der Waals surface area contributed by atoms with Gasteiger partial charge in [0.15, 0.2) is 0 Å². The van der Waals surface area contributed by atoms with Crippen molar-refractivity contribution in [3.8, 4) is 11.1 Å². The maximum atomic E-state index is 13.3. The molecular formula is C30H20N2O4. The van der Waals surface area contributed by atoms with Gasteiger partial charge in [0.2, 0.25) is 0 Å². The van der Waals surface area contributed by atoms with Crippen LogP contribution in [0.2, 0.25) is 0 Å². The number of anilines is 2. The van der Waals surface area contributed by atoms with Crippen LogP contribution < -0.4 is 9.80 Å². The monoisotopic (exact) mass is 472 g/mol. The van der Waals surface area contributed by atoms with Gasteiger partial charge in [0.25, 0.3) is 23.6 Å². The Morgan fingerprint density at radius 2 is 0.833 bits per heavy atom. The largest absolute Gasteiger partial charge is 0.268 e. The van der Waals surface area contributed by atoms with Crippen LogP contribution in [0.5, 0.6) is 0 Å². The second-order valence-corrected chi connectivity index (χ2v) is 9.08. The van der Waals surface area contributed by atoms with E-state index in [0.717, 1.165) is 32.1 Å². The number of fused-ring (bicyclic) bond motifs is 2. The minimum atomic E-state index is -0.409. The van der Waals surface area contributed by atoms with Crippen molar-refractivity contribution in [2.75, 3.05) is 9.80 Å². The normalized spacial score (nSPS) is 14.5. The van der Waals surface area contributed by atoms with Crippen LogP contribution in [0.4, 0.5) is 11.4 Å². The first kappa shape index (κ1) is 21.7. The van der Waals surface area contributed by atoms with Gasteiger partial charge in [-0.15, -0.1) is 0 Å². The molecular weight excluding hydrogens is 452 g/mol. The summed E-state index contributed by atoms with van der Waals surface area (Å²) in [5.74, 6) is -1.61. The van der Waals surface area contributed by atoms with Crippen LogP contribution in [0.1, 0.15) is 52.6 Å². The topological polar surface area (TPSA) is 74.8 Å². The molecule has 2 heterocycles. The first-order chi connectivity index (χ1) is 17.3. The number of carbonyl (C=O) groups excluding carboxylic acids is 4. The predicted molar refractivity (Wildman–Crippen MR) is 137 cm³/mol. The van der Waals surface area contributed by atoms with Crippen molar-refractivity contribution < 1.29 is 19.2 Å². The number of hydrogen-bond acceptors (Lipinski definition) is 4. The molecule has 0 saturated carbocycles. The Hall–Kier alpha value is -4.84. The van der Waals surface area contributed by atoms with Crippen LogP contribution >= 0.6 is 0 Å². The third kappa shape index (κ3) is 3.19. The summed E-state index contributed by atoms with van der Waals surface area (Å²) in [5.41, 5.74) is 6.01. The van der Waals surface area contributed by atoms with Crippen molar-refractivity contribution in [1.82, 2.24) is 0 Å². The average Bonchev–Trinajstić information content (AvgIpc) is 3.28. The molecule has 0 saturated heterocycles. The van der Waals surface area contributed by atoms with Crippen molar-refractivity contribution in [2.45, 2.75) is 13.8 Å². The fourth-order valence-corrected chi connectivity index (χ4v) is 4.74. The molecule has 2 aliphatic heterocycles. The van der Waals surface area contributed by atoms with Gasteiger partial charge in [0.05, 0.1) is 33.6 Å². The molecule has 0 atom stereocenters. The summed E-state index contributed by atoms with van der Waals surface area (Å²) in [6, 6.07) is 24.7. The Bertz CT molecular complexity index is 1620. The van der Waals surface area contributed by atoms with Crippen molar-refractivity contribution in [2.24, 2.45) is 0 Å². The Kier molecular flexibility index (Phi) is 4.73. The van der Waals surface area contributed by atoms with Gasteiger partial charge >= 0.3 is 0 Å². The van der Waals surface area contributed by atoms with Gasteiger partial charge in [0, 0.05) is 0 Å². The van der Waals surface area contributed by atoms with Gasteiger partial charge in [-0.25, -0.2) is 9.80 Å². The van der Waals surface area contributed by atoms with E-state index in [1.165, 1.54) is 0 Å². The molecule has 6 nitrogen and oxygen atoms in total. The van der Waals surface area contributed by atoms with Crippen LogP contribution in [0.25, 0.3) is 11.1 Å². The maximum Gasteiger partial charge on any atom is 0.266 e. The molecule has 0 aromatic heterocycles. The van der Waals surface area contributed by atoms with Crippen LogP contribution in [0.15, 0.2) is 84.9 Å². The molecule has 0 unspecified atom stereocenters. The standard InChI is InChI=1S/C30H20N2O4/c1-17-3-6-19(7-4-17)20-8-14-24-26(16-20)30(36)32(28(24)34)22-11-9-21(10-12-22)31-27(33)23-13-5-18(2)15-25(23)29(31)35/h3-16H,1-2H3. The molecule has 0 fully saturated rings. The minimum absolute atomic E-state index is 0.343. The second kappa shape index (κ2) is 7.85. The van der Waals surface area contributed by atoms with Crippen LogP contribution in [-0.4, -0.2) is 23.6 Å². The van der Waals surface area contributed by atoms with E-state index in [9.17, 15) is 19.2 Å². The lowest BCUT2D eigenvalue weighted by Crippen LogP contribution is -2.30. The number of amides is 4. The van der Waals surface area contributed by atoms with Gasteiger partial charge in [0.1, 0.15) is 0 Å². The zero-order chi connectivity index (χ0) is 25.1. The first-order valence-electron chi connectivity index (χ1n) is 11.5. The summed E-state index contributed by atoms with van der Waals surface area (Å²) < 4.78 is 0. The lowest BCUT2D eigenvalue weighted by molar-refractivity contribution is 0.0909. The van der Waals surface area contributed by atoms with Crippen molar-refractivity contribution in [3.05, 3.63) is 118 Å². The fourth-order valence-electron chi connectivity index (χ4n) is 4.74. The summed E-state index contributed by atoms with van der Waals surface area (Å²) in [4.78, 5) is 54.4. The molecule has 6 heteroatoms. The predicted octanol–water partition coefficient (Wildman–Crippen LogP) is 5.57. The van der Waals surface area contributed by atoms with E-state index in [2.05, 4.69) is 0 Å². The molecule has 4 amide bonds. The van der Waals surface area contributed by atoms with E-state index in [4.69, 9.17) is 0 Å². The molecule has 36 heavy (non-hydrogen) atoms. The van der Waals surface area contributed by atoms with Gasteiger partial charge in [-0.2, -0.15) is 0 Å². The Balaban J connectivity index is 1.30. The highest BCUT2D eigenvalue weighted by Gasteiger charge is 2.39. The Morgan fingerprint density at radius 3 is 1.39 bits per heavy atom. The smallest absolute Gasteiger partial charge is 0.266 e. The molecule has 0 aliphatic carbocycles. The van der Waals surface area contributed by atoms with Crippen LogP contribution in [0.3, 0.4) is 0 Å². The van der Waals surface area contributed by atoms with Gasteiger partial charge < -0.3 is 0 Å².